The predicted molar refractivity (Wildman–Crippen MR) is 87.3 cm³/mol. The first kappa shape index (κ1) is 15.0. The molecule has 106 valence electrons. The van der Waals surface area contributed by atoms with Gasteiger partial charge in [-0.15, -0.1) is 0 Å². The van der Waals surface area contributed by atoms with E-state index in [1.54, 1.807) is 6.33 Å². The Labute approximate surface area is 129 Å². The number of alkyl halides is 1. The smallest absolute Gasteiger partial charge is 0.132 e. The summed E-state index contributed by atoms with van der Waals surface area (Å²) in [4.78, 5) is 11.0. The molecule has 2 aromatic rings. The second-order valence-electron chi connectivity index (χ2n) is 4.71. The third-order valence-corrected chi connectivity index (χ3v) is 3.46. The van der Waals surface area contributed by atoms with Crippen LogP contribution in [0.1, 0.15) is 24.6 Å². The SMILES string of the molecule is CCCc1cc(N(CCBr)Cc2ccccc2)ncn1. The highest BCUT2D eigenvalue weighted by atomic mass is 79.9. The van der Waals surface area contributed by atoms with Gasteiger partial charge in [-0.05, 0) is 12.0 Å². The zero-order valence-electron chi connectivity index (χ0n) is 11.8. The number of hydrogen-bond donors (Lipinski definition) is 0. The van der Waals surface area contributed by atoms with E-state index in [1.165, 1.54) is 5.56 Å². The van der Waals surface area contributed by atoms with Crippen molar-refractivity contribution in [3.05, 3.63) is 54.0 Å². The summed E-state index contributed by atoms with van der Waals surface area (Å²) in [5.74, 6) is 1.01. The van der Waals surface area contributed by atoms with Gasteiger partial charge in [0.05, 0.1) is 0 Å². The van der Waals surface area contributed by atoms with Crippen LogP contribution in [0.25, 0.3) is 0 Å². The van der Waals surface area contributed by atoms with Crippen LogP contribution in [0.2, 0.25) is 0 Å². The van der Waals surface area contributed by atoms with E-state index in [0.29, 0.717) is 0 Å². The first-order chi connectivity index (χ1) is 9.83. The number of aryl methyl sites for hydroxylation is 1. The number of hydrogen-bond acceptors (Lipinski definition) is 3. The van der Waals surface area contributed by atoms with E-state index >= 15 is 0 Å². The van der Waals surface area contributed by atoms with Crippen LogP contribution in [0.3, 0.4) is 0 Å². The number of anilines is 1. The van der Waals surface area contributed by atoms with Crippen LogP contribution < -0.4 is 4.90 Å². The molecular weight excluding hydrogens is 314 g/mol. The van der Waals surface area contributed by atoms with Crippen molar-refractivity contribution in [2.75, 3.05) is 16.8 Å². The van der Waals surface area contributed by atoms with Crippen molar-refractivity contribution < 1.29 is 0 Å². The molecular formula is C16H20BrN3. The topological polar surface area (TPSA) is 29.0 Å². The molecule has 0 amide bonds. The Balaban J connectivity index is 2.17. The summed E-state index contributed by atoms with van der Waals surface area (Å²) in [6.45, 7) is 3.97. The molecule has 3 nitrogen and oxygen atoms in total. The van der Waals surface area contributed by atoms with E-state index < -0.39 is 0 Å². The van der Waals surface area contributed by atoms with E-state index in [2.05, 4.69) is 68.1 Å². The van der Waals surface area contributed by atoms with E-state index in [4.69, 9.17) is 0 Å². The Kier molecular flexibility index (Phi) is 5.99. The van der Waals surface area contributed by atoms with Gasteiger partial charge in [0.15, 0.2) is 0 Å². The Morgan fingerprint density at radius 2 is 1.95 bits per heavy atom. The molecule has 0 aliphatic heterocycles. The van der Waals surface area contributed by atoms with Crippen molar-refractivity contribution in [2.24, 2.45) is 0 Å². The van der Waals surface area contributed by atoms with Crippen LogP contribution in [0.4, 0.5) is 5.82 Å². The van der Waals surface area contributed by atoms with Crippen molar-refractivity contribution in [2.45, 2.75) is 26.3 Å². The molecule has 0 radical (unpaired) electrons. The van der Waals surface area contributed by atoms with E-state index in [0.717, 1.165) is 42.8 Å². The third kappa shape index (κ3) is 4.30. The summed E-state index contributed by atoms with van der Waals surface area (Å²) in [5, 5.41) is 0.924. The standard InChI is InChI=1S/C16H20BrN3/c1-2-6-15-11-16(19-13-18-15)20(10-9-17)12-14-7-4-3-5-8-14/h3-5,7-8,11,13H,2,6,9-10,12H2,1H3. The monoisotopic (exact) mass is 333 g/mol. The minimum absolute atomic E-state index is 0.870. The zero-order chi connectivity index (χ0) is 14.2. The molecule has 0 fully saturated rings. The minimum Gasteiger partial charge on any atom is -0.351 e. The van der Waals surface area contributed by atoms with Crippen molar-refractivity contribution in [3.63, 3.8) is 0 Å². The van der Waals surface area contributed by atoms with Gasteiger partial charge in [-0.3, -0.25) is 0 Å². The lowest BCUT2D eigenvalue weighted by atomic mass is 10.2. The molecule has 0 saturated carbocycles. The highest BCUT2D eigenvalue weighted by Gasteiger charge is 2.09. The summed E-state index contributed by atoms with van der Waals surface area (Å²) in [6, 6.07) is 12.6. The second kappa shape index (κ2) is 8.00. The fraction of sp³-hybridized carbons (Fsp3) is 0.375. The van der Waals surface area contributed by atoms with Crippen LogP contribution in [0.5, 0.6) is 0 Å². The molecule has 0 saturated heterocycles. The van der Waals surface area contributed by atoms with Crippen molar-refractivity contribution >= 4 is 21.7 Å². The Hall–Kier alpha value is -1.42. The molecule has 0 atom stereocenters. The van der Waals surface area contributed by atoms with E-state index in [9.17, 15) is 0 Å². The molecule has 4 heteroatoms. The quantitative estimate of drug-likeness (QED) is 0.721. The molecule has 0 aliphatic rings. The number of nitrogens with zero attached hydrogens (tertiary/aromatic N) is 3. The normalized spacial score (nSPS) is 10.5. The van der Waals surface area contributed by atoms with Gasteiger partial charge in [0.25, 0.3) is 0 Å². The number of rotatable bonds is 7. The van der Waals surface area contributed by atoms with Crippen LogP contribution in [-0.4, -0.2) is 21.8 Å². The van der Waals surface area contributed by atoms with Gasteiger partial charge in [-0.25, -0.2) is 9.97 Å². The summed E-state index contributed by atoms with van der Waals surface area (Å²) in [7, 11) is 0. The fourth-order valence-corrected chi connectivity index (χ4v) is 2.56. The summed E-state index contributed by atoms with van der Waals surface area (Å²) in [6.07, 6.45) is 3.78. The van der Waals surface area contributed by atoms with Crippen molar-refractivity contribution in [3.8, 4) is 0 Å². The lowest BCUT2D eigenvalue weighted by Gasteiger charge is -2.23. The van der Waals surface area contributed by atoms with Gasteiger partial charge >= 0.3 is 0 Å². The zero-order valence-corrected chi connectivity index (χ0v) is 13.4. The third-order valence-electron chi connectivity index (χ3n) is 3.11. The maximum absolute atomic E-state index is 4.43. The second-order valence-corrected chi connectivity index (χ2v) is 5.51. The average Bonchev–Trinajstić information content (AvgIpc) is 2.49. The molecule has 0 N–H and O–H groups in total. The Bertz CT molecular complexity index is 516. The van der Waals surface area contributed by atoms with Gasteiger partial charge in [-0.2, -0.15) is 0 Å². The van der Waals surface area contributed by atoms with Crippen LogP contribution in [0, 0.1) is 0 Å². The summed E-state index contributed by atoms with van der Waals surface area (Å²) < 4.78 is 0. The fourth-order valence-electron chi connectivity index (χ4n) is 2.13. The van der Waals surface area contributed by atoms with Gasteiger partial charge in [0.2, 0.25) is 0 Å². The minimum atomic E-state index is 0.870. The van der Waals surface area contributed by atoms with Gasteiger partial charge in [0, 0.05) is 30.2 Å². The lowest BCUT2D eigenvalue weighted by Crippen LogP contribution is -2.26. The molecule has 0 unspecified atom stereocenters. The largest absolute Gasteiger partial charge is 0.351 e. The molecule has 0 spiro atoms. The molecule has 2 rings (SSSR count). The molecule has 1 heterocycles. The van der Waals surface area contributed by atoms with E-state index in [-0.39, 0.29) is 0 Å². The number of benzene rings is 1. The average molecular weight is 334 g/mol. The molecule has 0 aliphatic carbocycles. The Morgan fingerprint density at radius 1 is 1.15 bits per heavy atom. The molecule has 1 aromatic heterocycles. The number of aromatic nitrogens is 2. The van der Waals surface area contributed by atoms with Crippen molar-refractivity contribution in [1.82, 2.24) is 9.97 Å². The first-order valence-corrected chi connectivity index (χ1v) is 8.11. The van der Waals surface area contributed by atoms with Crippen LogP contribution in [-0.2, 0) is 13.0 Å². The first-order valence-electron chi connectivity index (χ1n) is 6.99. The summed E-state index contributed by atoms with van der Waals surface area (Å²) in [5.41, 5.74) is 2.41. The highest BCUT2D eigenvalue weighted by molar-refractivity contribution is 9.09. The van der Waals surface area contributed by atoms with Crippen LogP contribution in [0.15, 0.2) is 42.7 Å². The number of halogens is 1. The van der Waals surface area contributed by atoms with Gasteiger partial charge in [0.1, 0.15) is 12.1 Å². The molecule has 1 aromatic carbocycles. The Morgan fingerprint density at radius 3 is 2.65 bits per heavy atom. The van der Waals surface area contributed by atoms with Gasteiger partial charge < -0.3 is 4.90 Å². The van der Waals surface area contributed by atoms with Gasteiger partial charge in [-0.1, -0.05) is 59.6 Å². The van der Waals surface area contributed by atoms with Crippen LogP contribution >= 0.6 is 15.9 Å². The van der Waals surface area contributed by atoms with E-state index in [1.807, 2.05) is 6.07 Å². The lowest BCUT2D eigenvalue weighted by molar-refractivity contribution is 0.803. The maximum atomic E-state index is 4.43. The molecule has 0 bridgehead atoms. The van der Waals surface area contributed by atoms with Crippen molar-refractivity contribution in [1.29, 1.82) is 0 Å². The molecule has 20 heavy (non-hydrogen) atoms. The highest BCUT2D eigenvalue weighted by Crippen LogP contribution is 2.16. The predicted octanol–water partition coefficient (Wildman–Crippen LogP) is 3.83. The summed E-state index contributed by atoms with van der Waals surface area (Å²) >= 11 is 3.52. The maximum Gasteiger partial charge on any atom is 0.132 e.